The van der Waals surface area contributed by atoms with Crippen LogP contribution in [0.3, 0.4) is 0 Å². The topological polar surface area (TPSA) is 55.4 Å². The summed E-state index contributed by atoms with van der Waals surface area (Å²) in [6.07, 6.45) is 1.53. The molecule has 4 nitrogen and oxygen atoms in total. The molecule has 0 aromatic heterocycles. The van der Waals surface area contributed by atoms with Crippen molar-refractivity contribution in [3.63, 3.8) is 0 Å². The van der Waals surface area contributed by atoms with Crippen LogP contribution in [0.15, 0.2) is 18.2 Å². The molecule has 0 atom stereocenters. The van der Waals surface area contributed by atoms with Gasteiger partial charge in [0, 0.05) is 18.4 Å². The largest absolute Gasteiger partial charge is 0.490 e. The number of hydrogen-bond acceptors (Lipinski definition) is 4. The summed E-state index contributed by atoms with van der Waals surface area (Å²) in [6, 6.07) is 4.75. The van der Waals surface area contributed by atoms with Crippen molar-refractivity contribution in [1.29, 1.82) is 0 Å². The summed E-state index contributed by atoms with van der Waals surface area (Å²) in [6.45, 7) is 3.46. The quantitative estimate of drug-likeness (QED) is 0.741. The van der Waals surface area contributed by atoms with Crippen molar-refractivity contribution in [3.8, 4) is 5.75 Å². The third kappa shape index (κ3) is 6.02. The molecule has 0 saturated carbocycles. The van der Waals surface area contributed by atoms with Crippen LogP contribution in [0.2, 0.25) is 0 Å². The summed E-state index contributed by atoms with van der Waals surface area (Å²) in [4.78, 5) is 0. The minimum atomic E-state index is -3.00. The van der Waals surface area contributed by atoms with Gasteiger partial charge < -0.3 is 10.1 Å². The normalized spacial score (nSPS) is 11.5. The van der Waals surface area contributed by atoms with Gasteiger partial charge in [0.25, 0.3) is 0 Å². The van der Waals surface area contributed by atoms with Crippen molar-refractivity contribution in [2.24, 2.45) is 0 Å². The first-order valence-electron chi connectivity index (χ1n) is 6.22. The Kier molecular flexibility index (Phi) is 6.24. The standard InChI is InChI=1S/C13H20FNO3S/c1-3-15-10-11-6-4-7-12(14)13(11)18-8-5-9-19(2,16)17/h4,6-7,15H,3,5,8-10H2,1-2H3. The van der Waals surface area contributed by atoms with Crippen LogP contribution in [-0.2, 0) is 16.4 Å². The second-order valence-corrected chi connectivity index (χ2v) is 6.60. The number of halogens is 1. The zero-order valence-corrected chi connectivity index (χ0v) is 12.1. The average Bonchev–Trinajstić information content (AvgIpc) is 2.32. The van der Waals surface area contributed by atoms with Crippen molar-refractivity contribution in [2.75, 3.05) is 25.2 Å². The van der Waals surface area contributed by atoms with Gasteiger partial charge in [-0.1, -0.05) is 19.1 Å². The smallest absolute Gasteiger partial charge is 0.165 e. The van der Waals surface area contributed by atoms with E-state index in [9.17, 15) is 12.8 Å². The Morgan fingerprint density at radius 3 is 2.74 bits per heavy atom. The van der Waals surface area contributed by atoms with E-state index in [0.717, 1.165) is 12.1 Å². The average molecular weight is 289 g/mol. The molecular formula is C13H20FNO3S. The number of ether oxygens (including phenoxy) is 1. The highest BCUT2D eigenvalue weighted by atomic mass is 32.2. The van der Waals surface area contributed by atoms with Crippen molar-refractivity contribution in [3.05, 3.63) is 29.6 Å². The van der Waals surface area contributed by atoms with Crippen LogP contribution >= 0.6 is 0 Å². The lowest BCUT2D eigenvalue weighted by molar-refractivity contribution is 0.297. The van der Waals surface area contributed by atoms with Crippen molar-refractivity contribution in [2.45, 2.75) is 19.9 Å². The SMILES string of the molecule is CCNCc1cccc(F)c1OCCCS(C)(=O)=O. The number of rotatable bonds is 8. The first-order valence-corrected chi connectivity index (χ1v) is 8.28. The van der Waals surface area contributed by atoms with E-state index in [0.29, 0.717) is 13.0 Å². The number of sulfone groups is 1. The fraction of sp³-hybridized carbons (Fsp3) is 0.538. The van der Waals surface area contributed by atoms with E-state index in [1.54, 1.807) is 12.1 Å². The predicted octanol–water partition coefficient (Wildman–Crippen LogP) is 1.75. The summed E-state index contributed by atoms with van der Waals surface area (Å²) in [5, 5.41) is 3.10. The molecule has 1 rings (SSSR count). The fourth-order valence-electron chi connectivity index (χ4n) is 1.61. The van der Waals surface area contributed by atoms with Gasteiger partial charge in [0.2, 0.25) is 0 Å². The molecule has 0 aliphatic carbocycles. The Bertz CT molecular complexity index is 503. The Hall–Kier alpha value is -1.14. The molecule has 0 bridgehead atoms. The lowest BCUT2D eigenvalue weighted by atomic mass is 10.2. The van der Waals surface area contributed by atoms with E-state index in [2.05, 4.69) is 5.32 Å². The number of nitrogens with one attached hydrogen (secondary N) is 1. The second kappa shape index (κ2) is 7.45. The van der Waals surface area contributed by atoms with Gasteiger partial charge >= 0.3 is 0 Å². The molecule has 0 unspecified atom stereocenters. The zero-order valence-electron chi connectivity index (χ0n) is 11.3. The Balaban J connectivity index is 2.60. The van der Waals surface area contributed by atoms with Crippen LogP contribution in [-0.4, -0.2) is 33.6 Å². The molecule has 0 fully saturated rings. The van der Waals surface area contributed by atoms with Crippen molar-refractivity contribution in [1.82, 2.24) is 5.32 Å². The maximum Gasteiger partial charge on any atom is 0.165 e. The predicted molar refractivity (Wildman–Crippen MR) is 73.6 cm³/mol. The molecule has 108 valence electrons. The second-order valence-electron chi connectivity index (χ2n) is 4.34. The van der Waals surface area contributed by atoms with Gasteiger partial charge in [0.1, 0.15) is 9.84 Å². The first kappa shape index (κ1) is 15.9. The zero-order chi connectivity index (χ0) is 14.3. The van der Waals surface area contributed by atoms with Crippen LogP contribution < -0.4 is 10.1 Å². The molecule has 0 aliphatic rings. The Morgan fingerprint density at radius 1 is 1.37 bits per heavy atom. The van der Waals surface area contributed by atoms with Crippen molar-refractivity contribution >= 4 is 9.84 Å². The molecule has 0 radical (unpaired) electrons. The molecule has 0 aliphatic heterocycles. The van der Waals surface area contributed by atoms with E-state index in [4.69, 9.17) is 4.74 Å². The maximum atomic E-state index is 13.7. The first-order chi connectivity index (χ1) is 8.94. The highest BCUT2D eigenvalue weighted by molar-refractivity contribution is 7.90. The highest BCUT2D eigenvalue weighted by Gasteiger charge is 2.10. The molecule has 6 heteroatoms. The third-order valence-corrected chi connectivity index (χ3v) is 3.55. The summed E-state index contributed by atoms with van der Waals surface area (Å²) in [7, 11) is -3.00. The van der Waals surface area contributed by atoms with Gasteiger partial charge in [-0.2, -0.15) is 0 Å². The molecule has 0 heterocycles. The number of hydrogen-bond donors (Lipinski definition) is 1. The van der Waals surface area contributed by atoms with E-state index in [1.807, 2.05) is 6.92 Å². The number of benzene rings is 1. The van der Waals surface area contributed by atoms with Crippen molar-refractivity contribution < 1.29 is 17.5 Å². The van der Waals surface area contributed by atoms with Gasteiger partial charge in [-0.15, -0.1) is 0 Å². The van der Waals surface area contributed by atoms with Crippen LogP contribution in [0.4, 0.5) is 4.39 Å². The summed E-state index contributed by atoms with van der Waals surface area (Å²) < 4.78 is 41.0. The molecule has 0 spiro atoms. The van der Waals surface area contributed by atoms with E-state index < -0.39 is 15.7 Å². The Labute approximate surface area is 113 Å². The van der Waals surface area contributed by atoms with E-state index in [1.165, 1.54) is 12.3 Å². The fourth-order valence-corrected chi connectivity index (χ4v) is 2.25. The minimum absolute atomic E-state index is 0.0456. The van der Waals surface area contributed by atoms with Gasteiger partial charge in [0.15, 0.2) is 11.6 Å². The van der Waals surface area contributed by atoms with Gasteiger partial charge in [0.05, 0.1) is 12.4 Å². The molecule has 0 amide bonds. The van der Waals surface area contributed by atoms with Crippen LogP contribution in [0, 0.1) is 5.82 Å². The molecular weight excluding hydrogens is 269 g/mol. The monoisotopic (exact) mass is 289 g/mol. The van der Waals surface area contributed by atoms with Gasteiger partial charge in [-0.25, -0.2) is 12.8 Å². The van der Waals surface area contributed by atoms with E-state index in [-0.39, 0.29) is 18.1 Å². The lowest BCUT2D eigenvalue weighted by Gasteiger charge is -2.12. The Morgan fingerprint density at radius 2 is 2.11 bits per heavy atom. The maximum absolute atomic E-state index is 13.7. The van der Waals surface area contributed by atoms with Crippen LogP contribution in [0.5, 0.6) is 5.75 Å². The molecule has 1 aromatic rings. The summed E-state index contributed by atoms with van der Waals surface area (Å²) in [5.74, 6) is -0.170. The van der Waals surface area contributed by atoms with Gasteiger partial charge in [-0.05, 0) is 19.0 Å². The molecule has 0 saturated heterocycles. The number of para-hydroxylation sites is 1. The van der Waals surface area contributed by atoms with E-state index >= 15 is 0 Å². The minimum Gasteiger partial charge on any atom is -0.490 e. The van der Waals surface area contributed by atoms with Crippen LogP contribution in [0.1, 0.15) is 18.9 Å². The highest BCUT2D eigenvalue weighted by Crippen LogP contribution is 2.22. The molecule has 1 N–H and O–H groups in total. The summed E-state index contributed by atoms with van der Waals surface area (Å²) >= 11 is 0. The van der Waals surface area contributed by atoms with Gasteiger partial charge in [-0.3, -0.25) is 0 Å². The molecule has 1 aromatic carbocycles. The lowest BCUT2D eigenvalue weighted by Crippen LogP contribution is -2.14. The molecule has 19 heavy (non-hydrogen) atoms. The summed E-state index contributed by atoms with van der Waals surface area (Å²) in [5.41, 5.74) is 0.737. The van der Waals surface area contributed by atoms with Crippen LogP contribution in [0.25, 0.3) is 0 Å². The third-order valence-electron chi connectivity index (χ3n) is 2.52.